The number of aliphatic hydroxyl groups excluding tert-OH is 1. The van der Waals surface area contributed by atoms with Crippen molar-refractivity contribution in [2.24, 2.45) is 0 Å². The molecule has 0 heterocycles. The van der Waals surface area contributed by atoms with Crippen LogP contribution in [0.15, 0.2) is 24.3 Å². The summed E-state index contributed by atoms with van der Waals surface area (Å²) in [4.78, 5) is 10.1. The Hall–Kier alpha value is -1.15. The Balaban J connectivity index is 0. The normalized spacial score (nSPS) is 7.50. The fourth-order valence-electron chi connectivity index (χ4n) is 0.645. The van der Waals surface area contributed by atoms with Gasteiger partial charge in [0.25, 0.3) is 0 Å². The van der Waals surface area contributed by atoms with Crippen molar-refractivity contribution in [2.45, 2.75) is 27.7 Å². The van der Waals surface area contributed by atoms with E-state index in [2.05, 4.69) is 0 Å². The highest BCUT2D eigenvalue weighted by molar-refractivity contribution is 5.74. The van der Waals surface area contributed by atoms with E-state index in [0.29, 0.717) is 0 Å². The molecule has 0 saturated heterocycles. The summed E-state index contributed by atoms with van der Waals surface area (Å²) >= 11 is 0. The Morgan fingerprint density at radius 2 is 1.57 bits per heavy atom. The highest BCUT2D eigenvalue weighted by atomic mass is 16.2. The standard InChI is InChI=1S/C8H8O.C2H6O.C2H6/c1-7-2-4-8(6-9)5-3-7;1-2-3;1-2/h2-6H,1H3;3H,2H2,1H3;1-2H3. The van der Waals surface area contributed by atoms with E-state index in [1.54, 1.807) is 6.92 Å². The van der Waals surface area contributed by atoms with E-state index in [9.17, 15) is 4.79 Å². The molecule has 1 rings (SSSR count). The minimum Gasteiger partial charge on any atom is -0.397 e. The summed E-state index contributed by atoms with van der Waals surface area (Å²) in [5, 5.41) is 7.57. The van der Waals surface area contributed by atoms with Gasteiger partial charge in [0.2, 0.25) is 0 Å². The van der Waals surface area contributed by atoms with Crippen LogP contribution in [0.25, 0.3) is 0 Å². The molecule has 0 bridgehead atoms. The van der Waals surface area contributed by atoms with Crippen LogP contribution in [0.4, 0.5) is 0 Å². The summed E-state index contributed by atoms with van der Waals surface area (Å²) < 4.78 is 0. The van der Waals surface area contributed by atoms with Crippen LogP contribution in [0.5, 0.6) is 0 Å². The second-order valence-corrected chi connectivity index (χ2v) is 2.34. The third-order valence-electron chi connectivity index (χ3n) is 1.21. The first-order chi connectivity index (χ1) is 6.74. The topological polar surface area (TPSA) is 37.3 Å². The molecule has 0 unspecified atom stereocenters. The van der Waals surface area contributed by atoms with Crippen molar-refractivity contribution in [1.29, 1.82) is 0 Å². The molecular formula is C12H20O2. The van der Waals surface area contributed by atoms with Crippen LogP contribution in [0, 0.1) is 6.92 Å². The third-order valence-corrected chi connectivity index (χ3v) is 1.21. The lowest BCUT2D eigenvalue weighted by atomic mass is 10.2. The molecule has 0 atom stereocenters. The van der Waals surface area contributed by atoms with Gasteiger partial charge in [0.05, 0.1) is 0 Å². The van der Waals surface area contributed by atoms with Crippen molar-refractivity contribution in [3.8, 4) is 0 Å². The van der Waals surface area contributed by atoms with Gasteiger partial charge in [-0.05, 0) is 13.8 Å². The van der Waals surface area contributed by atoms with E-state index in [1.807, 2.05) is 45.0 Å². The van der Waals surface area contributed by atoms with Crippen LogP contribution in [-0.4, -0.2) is 18.0 Å². The Kier molecular flexibility index (Phi) is 13.0. The van der Waals surface area contributed by atoms with Gasteiger partial charge in [0.1, 0.15) is 6.29 Å². The van der Waals surface area contributed by atoms with Crippen molar-refractivity contribution in [2.75, 3.05) is 6.61 Å². The van der Waals surface area contributed by atoms with Gasteiger partial charge >= 0.3 is 0 Å². The molecule has 0 saturated carbocycles. The summed E-state index contributed by atoms with van der Waals surface area (Å²) in [5.41, 5.74) is 1.92. The first kappa shape index (κ1) is 15.3. The van der Waals surface area contributed by atoms with Gasteiger partial charge in [0.15, 0.2) is 0 Å². The predicted octanol–water partition coefficient (Wildman–Crippen LogP) is 2.83. The maximum atomic E-state index is 10.1. The molecule has 0 aliphatic rings. The minimum atomic E-state index is 0.250. The fourth-order valence-corrected chi connectivity index (χ4v) is 0.645. The maximum Gasteiger partial charge on any atom is 0.150 e. The van der Waals surface area contributed by atoms with Crippen LogP contribution < -0.4 is 0 Å². The molecule has 0 aromatic heterocycles. The first-order valence-electron chi connectivity index (χ1n) is 4.87. The summed E-state index contributed by atoms with van der Waals surface area (Å²) in [6.07, 6.45) is 0.847. The number of aryl methyl sites for hydroxylation is 1. The fraction of sp³-hybridized carbons (Fsp3) is 0.417. The molecule has 0 spiro atoms. The quantitative estimate of drug-likeness (QED) is 0.701. The number of hydrogen-bond acceptors (Lipinski definition) is 2. The lowest BCUT2D eigenvalue weighted by Crippen LogP contribution is -1.77. The average molecular weight is 196 g/mol. The average Bonchev–Trinajstić information content (AvgIpc) is 2.23. The van der Waals surface area contributed by atoms with E-state index in [4.69, 9.17) is 5.11 Å². The Bertz CT molecular complexity index is 214. The zero-order valence-corrected chi connectivity index (χ0v) is 9.45. The SMILES string of the molecule is CC.CCO.Cc1ccc(C=O)cc1. The zero-order chi connectivity index (χ0) is 11.4. The van der Waals surface area contributed by atoms with Crippen molar-refractivity contribution in [1.82, 2.24) is 0 Å². The first-order valence-corrected chi connectivity index (χ1v) is 4.87. The van der Waals surface area contributed by atoms with Crippen LogP contribution in [0.1, 0.15) is 36.7 Å². The van der Waals surface area contributed by atoms with Gasteiger partial charge in [-0.25, -0.2) is 0 Å². The highest BCUT2D eigenvalue weighted by Crippen LogP contribution is 1.98. The van der Waals surface area contributed by atoms with Crippen molar-refractivity contribution in [3.63, 3.8) is 0 Å². The molecule has 1 aromatic carbocycles. The van der Waals surface area contributed by atoms with Crippen molar-refractivity contribution < 1.29 is 9.90 Å². The monoisotopic (exact) mass is 196 g/mol. The molecule has 1 N–H and O–H groups in total. The molecule has 2 heteroatoms. The Labute approximate surface area is 86.6 Å². The van der Waals surface area contributed by atoms with Crippen molar-refractivity contribution in [3.05, 3.63) is 35.4 Å². The van der Waals surface area contributed by atoms with Gasteiger partial charge < -0.3 is 5.11 Å². The highest BCUT2D eigenvalue weighted by Gasteiger charge is 1.85. The molecular weight excluding hydrogens is 176 g/mol. The molecule has 1 aromatic rings. The maximum absolute atomic E-state index is 10.1. The zero-order valence-electron chi connectivity index (χ0n) is 9.45. The van der Waals surface area contributed by atoms with Crippen molar-refractivity contribution >= 4 is 6.29 Å². The van der Waals surface area contributed by atoms with Crippen LogP contribution in [0.2, 0.25) is 0 Å². The molecule has 0 radical (unpaired) electrons. The van der Waals surface area contributed by atoms with E-state index >= 15 is 0 Å². The molecule has 0 amide bonds. The second-order valence-electron chi connectivity index (χ2n) is 2.34. The largest absolute Gasteiger partial charge is 0.397 e. The van der Waals surface area contributed by atoms with Crippen LogP contribution in [0.3, 0.4) is 0 Å². The van der Waals surface area contributed by atoms with Crippen LogP contribution >= 0.6 is 0 Å². The van der Waals surface area contributed by atoms with Gasteiger partial charge in [-0.3, -0.25) is 4.79 Å². The molecule has 0 aliphatic heterocycles. The lowest BCUT2D eigenvalue weighted by Gasteiger charge is -1.89. The van der Waals surface area contributed by atoms with E-state index in [0.717, 1.165) is 11.8 Å². The number of benzene rings is 1. The summed E-state index contributed by atoms with van der Waals surface area (Å²) in [7, 11) is 0. The number of carbonyl (C=O) groups is 1. The van der Waals surface area contributed by atoms with E-state index in [-0.39, 0.29) is 6.61 Å². The van der Waals surface area contributed by atoms with Gasteiger partial charge in [0, 0.05) is 12.2 Å². The number of aliphatic hydroxyl groups is 1. The van der Waals surface area contributed by atoms with Gasteiger partial charge in [-0.15, -0.1) is 0 Å². The third kappa shape index (κ3) is 8.94. The number of aldehydes is 1. The predicted molar refractivity (Wildman–Crippen MR) is 60.7 cm³/mol. The molecule has 0 fully saturated rings. The summed E-state index contributed by atoms with van der Waals surface area (Å²) in [6.45, 7) is 7.93. The minimum absolute atomic E-state index is 0.250. The molecule has 14 heavy (non-hydrogen) atoms. The summed E-state index contributed by atoms with van der Waals surface area (Å²) in [6, 6.07) is 7.46. The molecule has 2 nitrogen and oxygen atoms in total. The molecule has 80 valence electrons. The summed E-state index contributed by atoms with van der Waals surface area (Å²) in [5.74, 6) is 0. The van der Waals surface area contributed by atoms with Gasteiger partial charge in [-0.2, -0.15) is 0 Å². The van der Waals surface area contributed by atoms with E-state index in [1.165, 1.54) is 5.56 Å². The number of hydrogen-bond donors (Lipinski definition) is 1. The second kappa shape index (κ2) is 11.8. The Morgan fingerprint density at radius 1 is 1.21 bits per heavy atom. The van der Waals surface area contributed by atoms with Crippen LogP contribution in [-0.2, 0) is 0 Å². The van der Waals surface area contributed by atoms with Gasteiger partial charge in [-0.1, -0.05) is 43.7 Å². The lowest BCUT2D eigenvalue weighted by molar-refractivity contribution is 0.112. The molecule has 0 aliphatic carbocycles. The van der Waals surface area contributed by atoms with E-state index < -0.39 is 0 Å². The number of carbonyl (C=O) groups excluding carboxylic acids is 1. The Morgan fingerprint density at radius 3 is 1.86 bits per heavy atom. The smallest absolute Gasteiger partial charge is 0.150 e. The number of rotatable bonds is 1.